The van der Waals surface area contributed by atoms with Crippen LogP contribution in [0.4, 0.5) is 0 Å². The van der Waals surface area contributed by atoms with Crippen LogP contribution >= 0.6 is 0 Å². The molecule has 0 spiro atoms. The fourth-order valence-corrected chi connectivity index (χ4v) is 0.234. The number of aliphatic hydroxyl groups is 1. The van der Waals surface area contributed by atoms with Gasteiger partial charge in [-0.05, 0) is 6.92 Å². The first-order valence-electron chi connectivity index (χ1n) is 2.33. The number of rotatable bonds is 2. The zero-order valence-corrected chi connectivity index (χ0v) is 4.96. The van der Waals surface area contributed by atoms with Crippen LogP contribution in [0.25, 0.3) is 0 Å². The van der Waals surface area contributed by atoms with Crippen molar-refractivity contribution in [3.8, 4) is 6.07 Å². The van der Waals surface area contributed by atoms with Crippen LogP contribution in [-0.4, -0.2) is 24.4 Å². The van der Waals surface area contributed by atoms with Gasteiger partial charge >= 0.3 is 0 Å². The Morgan fingerprint density at radius 3 is 2.38 bits per heavy atom. The lowest BCUT2D eigenvalue weighted by Crippen LogP contribution is -2.22. The van der Waals surface area contributed by atoms with Crippen LogP contribution in [-0.2, 0) is 4.74 Å². The molecule has 0 radical (unpaired) electrons. The monoisotopic (exact) mass is 115 g/mol. The fraction of sp³-hybridized carbons (Fsp3) is 0.800. The molecular weight excluding hydrogens is 106 g/mol. The molecule has 0 aromatic heterocycles. The van der Waals surface area contributed by atoms with Gasteiger partial charge in [0.15, 0.2) is 6.10 Å². The van der Waals surface area contributed by atoms with Crippen molar-refractivity contribution in [3.05, 3.63) is 0 Å². The van der Waals surface area contributed by atoms with Gasteiger partial charge in [0.25, 0.3) is 0 Å². The van der Waals surface area contributed by atoms with Gasteiger partial charge in [0, 0.05) is 7.11 Å². The molecule has 0 aliphatic rings. The minimum absolute atomic E-state index is 0.389. The Morgan fingerprint density at radius 1 is 1.75 bits per heavy atom. The summed E-state index contributed by atoms with van der Waals surface area (Å²) in [4.78, 5) is 0. The van der Waals surface area contributed by atoms with Gasteiger partial charge in [-0.1, -0.05) is 0 Å². The summed E-state index contributed by atoms with van der Waals surface area (Å²) in [5, 5.41) is 16.7. The Hall–Kier alpha value is -0.590. The maximum absolute atomic E-state index is 8.64. The van der Waals surface area contributed by atoms with E-state index in [1.54, 1.807) is 13.0 Å². The summed E-state index contributed by atoms with van der Waals surface area (Å²) in [5.41, 5.74) is 0. The first kappa shape index (κ1) is 7.41. The van der Waals surface area contributed by atoms with Gasteiger partial charge in [-0.15, -0.1) is 0 Å². The van der Waals surface area contributed by atoms with E-state index in [0.29, 0.717) is 0 Å². The first-order chi connectivity index (χ1) is 3.72. The summed E-state index contributed by atoms with van der Waals surface area (Å²) < 4.78 is 4.63. The lowest BCUT2D eigenvalue weighted by molar-refractivity contribution is 0.0282. The van der Waals surface area contributed by atoms with Crippen molar-refractivity contribution >= 4 is 0 Å². The van der Waals surface area contributed by atoms with E-state index < -0.39 is 6.10 Å². The molecule has 46 valence electrons. The zero-order chi connectivity index (χ0) is 6.57. The van der Waals surface area contributed by atoms with Gasteiger partial charge in [-0.3, -0.25) is 0 Å². The molecule has 3 nitrogen and oxygen atoms in total. The Morgan fingerprint density at radius 2 is 2.25 bits per heavy atom. The highest BCUT2D eigenvalue weighted by atomic mass is 16.5. The van der Waals surface area contributed by atoms with Crippen molar-refractivity contribution in [2.75, 3.05) is 7.11 Å². The van der Waals surface area contributed by atoms with Crippen molar-refractivity contribution in [1.82, 2.24) is 0 Å². The molecular formula is C5H9NO2. The average molecular weight is 115 g/mol. The van der Waals surface area contributed by atoms with E-state index in [9.17, 15) is 0 Å². The van der Waals surface area contributed by atoms with E-state index >= 15 is 0 Å². The summed E-state index contributed by atoms with van der Waals surface area (Å²) in [7, 11) is 1.45. The summed E-state index contributed by atoms with van der Waals surface area (Å²) in [5.74, 6) is 0. The second-order valence-corrected chi connectivity index (χ2v) is 1.51. The highest BCUT2D eigenvalue weighted by Crippen LogP contribution is 1.93. The van der Waals surface area contributed by atoms with E-state index in [-0.39, 0.29) is 6.10 Å². The SMILES string of the molecule is CO[C@@H](C)[C@H](O)C#N. The second-order valence-electron chi connectivity index (χ2n) is 1.51. The van der Waals surface area contributed by atoms with Gasteiger partial charge in [-0.25, -0.2) is 0 Å². The molecule has 0 amide bonds. The van der Waals surface area contributed by atoms with E-state index in [2.05, 4.69) is 4.74 Å². The van der Waals surface area contributed by atoms with Crippen LogP contribution < -0.4 is 0 Å². The average Bonchev–Trinajstić information content (AvgIpc) is 1.84. The number of nitriles is 1. The number of hydrogen-bond acceptors (Lipinski definition) is 3. The van der Waals surface area contributed by atoms with Crippen LogP contribution in [0.2, 0.25) is 0 Å². The minimum Gasteiger partial charge on any atom is -0.378 e. The highest BCUT2D eigenvalue weighted by molar-refractivity contribution is 4.86. The third-order valence-electron chi connectivity index (χ3n) is 0.949. The molecule has 0 aliphatic carbocycles. The molecule has 0 fully saturated rings. The van der Waals surface area contributed by atoms with Crippen molar-refractivity contribution < 1.29 is 9.84 Å². The number of methoxy groups -OCH3 is 1. The molecule has 2 atom stereocenters. The summed E-state index contributed by atoms with van der Waals surface area (Å²) in [6.07, 6.45) is -1.39. The minimum atomic E-state index is -1.00. The third kappa shape index (κ3) is 1.92. The summed E-state index contributed by atoms with van der Waals surface area (Å²) in [6, 6.07) is 1.65. The molecule has 0 saturated carbocycles. The van der Waals surface area contributed by atoms with Gasteiger partial charge in [0.05, 0.1) is 12.2 Å². The molecule has 0 unspecified atom stereocenters. The maximum atomic E-state index is 8.64. The molecule has 1 N–H and O–H groups in total. The van der Waals surface area contributed by atoms with Gasteiger partial charge in [0.2, 0.25) is 0 Å². The van der Waals surface area contributed by atoms with E-state index in [1.807, 2.05) is 0 Å². The number of nitrogens with zero attached hydrogens (tertiary/aromatic N) is 1. The smallest absolute Gasteiger partial charge is 0.166 e. The molecule has 0 bridgehead atoms. The normalized spacial score (nSPS) is 16.8. The molecule has 3 heteroatoms. The van der Waals surface area contributed by atoms with Crippen molar-refractivity contribution in [3.63, 3.8) is 0 Å². The lowest BCUT2D eigenvalue weighted by atomic mass is 10.2. The maximum Gasteiger partial charge on any atom is 0.166 e. The van der Waals surface area contributed by atoms with Crippen LogP contribution in [0.3, 0.4) is 0 Å². The van der Waals surface area contributed by atoms with E-state index in [4.69, 9.17) is 10.4 Å². The zero-order valence-electron chi connectivity index (χ0n) is 4.96. The van der Waals surface area contributed by atoms with Crippen LogP contribution in [0.1, 0.15) is 6.92 Å². The Balaban J connectivity index is 3.49. The quantitative estimate of drug-likeness (QED) is 0.511. The fourth-order valence-electron chi connectivity index (χ4n) is 0.234. The van der Waals surface area contributed by atoms with Gasteiger partial charge in [-0.2, -0.15) is 5.26 Å². The Labute approximate surface area is 48.5 Å². The molecule has 0 aliphatic heterocycles. The summed E-state index contributed by atoms with van der Waals surface area (Å²) in [6.45, 7) is 1.63. The van der Waals surface area contributed by atoms with Gasteiger partial charge < -0.3 is 9.84 Å². The largest absolute Gasteiger partial charge is 0.378 e. The van der Waals surface area contributed by atoms with E-state index in [1.165, 1.54) is 7.11 Å². The van der Waals surface area contributed by atoms with Crippen molar-refractivity contribution in [1.29, 1.82) is 5.26 Å². The number of hydrogen-bond donors (Lipinski definition) is 1. The van der Waals surface area contributed by atoms with E-state index in [0.717, 1.165) is 0 Å². The predicted octanol–water partition coefficient (Wildman–Crippen LogP) is -0.0942. The Kier molecular flexibility index (Phi) is 3.16. The predicted molar refractivity (Wildman–Crippen MR) is 28.1 cm³/mol. The van der Waals surface area contributed by atoms with Gasteiger partial charge in [0.1, 0.15) is 0 Å². The topological polar surface area (TPSA) is 53.2 Å². The third-order valence-corrected chi connectivity index (χ3v) is 0.949. The molecule has 0 heterocycles. The number of aliphatic hydroxyl groups excluding tert-OH is 1. The second kappa shape index (κ2) is 3.42. The van der Waals surface area contributed by atoms with Crippen LogP contribution in [0.5, 0.6) is 0 Å². The summed E-state index contributed by atoms with van der Waals surface area (Å²) >= 11 is 0. The first-order valence-corrected chi connectivity index (χ1v) is 2.33. The van der Waals surface area contributed by atoms with Crippen LogP contribution in [0.15, 0.2) is 0 Å². The molecule has 8 heavy (non-hydrogen) atoms. The molecule has 0 rings (SSSR count). The Bertz CT molecular complexity index is 97.1. The molecule has 0 aromatic carbocycles. The molecule has 0 aromatic rings. The standard InChI is InChI=1S/C5H9NO2/c1-4(8-2)5(7)3-6/h4-5,7H,1-2H3/t4-,5+/m0/s1. The number of ether oxygens (including phenoxy) is 1. The van der Waals surface area contributed by atoms with Crippen LogP contribution in [0, 0.1) is 11.3 Å². The lowest BCUT2D eigenvalue weighted by Gasteiger charge is -2.08. The highest BCUT2D eigenvalue weighted by Gasteiger charge is 2.09. The molecule has 0 saturated heterocycles. The van der Waals surface area contributed by atoms with Crippen molar-refractivity contribution in [2.45, 2.75) is 19.1 Å². The van der Waals surface area contributed by atoms with Crippen molar-refractivity contribution in [2.24, 2.45) is 0 Å².